The normalized spacial score (nSPS) is 15.7. The van der Waals surface area contributed by atoms with Crippen LogP contribution < -0.4 is 5.32 Å². The maximum atomic E-state index is 12.3. The number of amides is 1. The fraction of sp³-hybridized carbons (Fsp3) is 0.409. The number of hydrogen-bond donors (Lipinski definition) is 1. The van der Waals surface area contributed by atoms with Crippen LogP contribution in [-0.2, 0) is 16.1 Å². The van der Waals surface area contributed by atoms with Crippen molar-refractivity contribution in [3.63, 3.8) is 0 Å². The van der Waals surface area contributed by atoms with Crippen LogP contribution in [0.15, 0.2) is 65.6 Å². The van der Waals surface area contributed by atoms with E-state index in [1.165, 1.54) is 4.90 Å². The quantitative estimate of drug-likeness (QED) is 0.649. The van der Waals surface area contributed by atoms with Gasteiger partial charge in [-0.15, -0.1) is 11.8 Å². The first-order valence-electron chi connectivity index (χ1n) is 9.75. The summed E-state index contributed by atoms with van der Waals surface area (Å²) in [7, 11) is 0. The molecule has 5 nitrogen and oxygen atoms in total. The fourth-order valence-electron chi connectivity index (χ4n) is 3.01. The summed E-state index contributed by atoms with van der Waals surface area (Å²) < 4.78 is 10.8. The average molecular weight is 401 g/mol. The second-order valence-corrected chi connectivity index (χ2v) is 7.86. The number of benzene rings is 2. The first-order valence-corrected chi connectivity index (χ1v) is 10.7. The molecule has 2 aromatic rings. The minimum Gasteiger partial charge on any atom is -0.445 e. The molecule has 3 rings (SSSR count). The molecule has 0 spiro atoms. The summed E-state index contributed by atoms with van der Waals surface area (Å²) in [5, 5.41) is 3.06. The van der Waals surface area contributed by atoms with Crippen LogP contribution in [0.5, 0.6) is 0 Å². The minimum absolute atomic E-state index is 0.0522. The molecule has 0 aromatic heterocycles. The maximum Gasteiger partial charge on any atom is 0.407 e. The summed E-state index contributed by atoms with van der Waals surface area (Å²) in [6.45, 7) is 4.72. The van der Waals surface area contributed by atoms with Gasteiger partial charge < -0.3 is 14.8 Å². The third kappa shape index (κ3) is 7.54. The molecule has 2 aromatic carbocycles. The van der Waals surface area contributed by atoms with E-state index >= 15 is 0 Å². The van der Waals surface area contributed by atoms with Gasteiger partial charge in [-0.25, -0.2) is 4.79 Å². The predicted molar refractivity (Wildman–Crippen MR) is 113 cm³/mol. The van der Waals surface area contributed by atoms with Gasteiger partial charge in [0.05, 0.1) is 13.2 Å². The Morgan fingerprint density at radius 1 is 1.07 bits per heavy atom. The first-order chi connectivity index (χ1) is 13.8. The number of morpholine rings is 1. The summed E-state index contributed by atoms with van der Waals surface area (Å²) in [5.74, 6) is 0.814. The van der Waals surface area contributed by atoms with E-state index in [0.717, 1.165) is 50.6 Å². The van der Waals surface area contributed by atoms with E-state index in [1.54, 1.807) is 11.8 Å². The summed E-state index contributed by atoms with van der Waals surface area (Å²) in [6, 6.07) is 20.1. The summed E-state index contributed by atoms with van der Waals surface area (Å²) >= 11 is 1.76. The van der Waals surface area contributed by atoms with Gasteiger partial charge >= 0.3 is 6.09 Å². The molecule has 1 N–H and O–H groups in total. The second kappa shape index (κ2) is 11.7. The SMILES string of the molecule is O=C(N[C@H](CCN1CCOCC1)CSc1ccccc1)OCc1ccccc1. The highest BCUT2D eigenvalue weighted by Crippen LogP contribution is 2.19. The van der Waals surface area contributed by atoms with Gasteiger partial charge in [0.15, 0.2) is 0 Å². The molecular weight excluding hydrogens is 372 g/mol. The van der Waals surface area contributed by atoms with Crippen molar-refractivity contribution in [3.05, 3.63) is 66.2 Å². The number of rotatable bonds is 9. The third-order valence-corrected chi connectivity index (χ3v) is 5.80. The highest BCUT2D eigenvalue weighted by atomic mass is 32.2. The molecule has 0 bridgehead atoms. The molecule has 1 heterocycles. The zero-order valence-electron chi connectivity index (χ0n) is 16.1. The van der Waals surface area contributed by atoms with E-state index < -0.39 is 0 Å². The Hall–Kier alpha value is -2.02. The molecule has 0 saturated carbocycles. The standard InChI is InChI=1S/C22H28N2O3S/c25-22(27-17-19-7-3-1-4-8-19)23-20(11-12-24-13-15-26-16-14-24)18-28-21-9-5-2-6-10-21/h1-10,20H,11-18H2,(H,23,25)/t20-/m1/s1. The van der Waals surface area contributed by atoms with Crippen LogP contribution >= 0.6 is 11.8 Å². The summed E-state index contributed by atoms with van der Waals surface area (Å²) in [4.78, 5) is 15.9. The highest BCUT2D eigenvalue weighted by Gasteiger charge is 2.17. The molecule has 0 unspecified atom stereocenters. The van der Waals surface area contributed by atoms with Gasteiger partial charge in [-0.2, -0.15) is 0 Å². The van der Waals surface area contributed by atoms with Crippen molar-refractivity contribution in [1.82, 2.24) is 10.2 Å². The van der Waals surface area contributed by atoms with Crippen molar-refractivity contribution in [2.75, 3.05) is 38.6 Å². The van der Waals surface area contributed by atoms with Gasteiger partial charge in [-0.05, 0) is 24.1 Å². The number of thioether (sulfide) groups is 1. The number of carbonyl (C=O) groups is 1. The summed E-state index contributed by atoms with van der Waals surface area (Å²) in [6.07, 6.45) is 0.532. The lowest BCUT2D eigenvalue weighted by molar-refractivity contribution is 0.0363. The molecule has 0 radical (unpaired) electrons. The van der Waals surface area contributed by atoms with Gasteiger partial charge in [-0.3, -0.25) is 4.90 Å². The Morgan fingerprint density at radius 3 is 2.46 bits per heavy atom. The monoisotopic (exact) mass is 400 g/mol. The van der Waals surface area contributed by atoms with Gasteiger partial charge in [0.25, 0.3) is 0 Å². The average Bonchev–Trinajstić information content (AvgIpc) is 2.76. The van der Waals surface area contributed by atoms with Crippen LogP contribution in [0.4, 0.5) is 4.79 Å². The Labute approximate surface area is 171 Å². The highest BCUT2D eigenvalue weighted by molar-refractivity contribution is 7.99. The molecule has 1 fully saturated rings. The molecule has 1 saturated heterocycles. The Bertz CT molecular complexity index is 693. The van der Waals surface area contributed by atoms with Crippen LogP contribution in [0.25, 0.3) is 0 Å². The molecular formula is C22H28N2O3S. The van der Waals surface area contributed by atoms with Crippen molar-refractivity contribution in [3.8, 4) is 0 Å². The number of nitrogens with zero attached hydrogens (tertiary/aromatic N) is 1. The maximum absolute atomic E-state index is 12.3. The summed E-state index contributed by atoms with van der Waals surface area (Å²) in [5.41, 5.74) is 0.987. The lowest BCUT2D eigenvalue weighted by Crippen LogP contribution is -2.42. The molecule has 6 heteroatoms. The number of ether oxygens (including phenoxy) is 2. The lowest BCUT2D eigenvalue weighted by Gasteiger charge is -2.28. The van der Waals surface area contributed by atoms with Crippen molar-refractivity contribution >= 4 is 17.9 Å². The van der Waals surface area contributed by atoms with Crippen LogP contribution in [0.3, 0.4) is 0 Å². The molecule has 0 aliphatic carbocycles. The topological polar surface area (TPSA) is 50.8 Å². The number of nitrogens with one attached hydrogen (secondary N) is 1. The van der Waals surface area contributed by atoms with Crippen molar-refractivity contribution in [2.24, 2.45) is 0 Å². The molecule has 1 aliphatic heterocycles. The van der Waals surface area contributed by atoms with E-state index in [4.69, 9.17) is 9.47 Å². The van der Waals surface area contributed by atoms with Gasteiger partial charge in [-0.1, -0.05) is 48.5 Å². The molecule has 1 aliphatic rings. The number of alkyl carbamates (subject to hydrolysis) is 1. The van der Waals surface area contributed by atoms with Crippen molar-refractivity contribution in [2.45, 2.75) is 24.0 Å². The van der Waals surface area contributed by atoms with Crippen LogP contribution in [0.2, 0.25) is 0 Å². The van der Waals surface area contributed by atoms with E-state index in [0.29, 0.717) is 0 Å². The van der Waals surface area contributed by atoms with Gasteiger partial charge in [0.1, 0.15) is 6.61 Å². The molecule has 1 atom stereocenters. The Balaban J connectivity index is 1.49. The van der Waals surface area contributed by atoms with E-state index in [9.17, 15) is 4.79 Å². The van der Waals surface area contributed by atoms with Crippen LogP contribution in [-0.4, -0.2) is 55.6 Å². The smallest absolute Gasteiger partial charge is 0.407 e. The minimum atomic E-state index is -0.357. The Kier molecular flexibility index (Phi) is 8.68. The number of carbonyl (C=O) groups excluding carboxylic acids is 1. The molecule has 1 amide bonds. The zero-order valence-corrected chi connectivity index (χ0v) is 16.9. The first kappa shape index (κ1) is 20.7. The van der Waals surface area contributed by atoms with Gasteiger partial charge in [0.2, 0.25) is 0 Å². The second-order valence-electron chi connectivity index (χ2n) is 6.77. The van der Waals surface area contributed by atoms with Gasteiger partial charge in [0, 0.05) is 36.3 Å². The largest absolute Gasteiger partial charge is 0.445 e. The lowest BCUT2D eigenvalue weighted by atomic mass is 10.2. The van der Waals surface area contributed by atoms with E-state index in [1.807, 2.05) is 48.5 Å². The molecule has 150 valence electrons. The third-order valence-electron chi connectivity index (χ3n) is 4.63. The van der Waals surface area contributed by atoms with Crippen LogP contribution in [0.1, 0.15) is 12.0 Å². The van der Waals surface area contributed by atoms with E-state index in [-0.39, 0.29) is 18.7 Å². The predicted octanol–water partition coefficient (Wildman–Crippen LogP) is 3.80. The van der Waals surface area contributed by atoms with Crippen LogP contribution in [0, 0.1) is 0 Å². The van der Waals surface area contributed by atoms with Crippen molar-refractivity contribution < 1.29 is 14.3 Å². The Morgan fingerprint density at radius 2 is 1.75 bits per heavy atom. The van der Waals surface area contributed by atoms with Crippen molar-refractivity contribution in [1.29, 1.82) is 0 Å². The molecule has 28 heavy (non-hydrogen) atoms. The zero-order chi connectivity index (χ0) is 19.4. The van der Waals surface area contributed by atoms with E-state index in [2.05, 4.69) is 22.3 Å². The number of hydrogen-bond acceptors (Lipinski definition) is 5. The fourth-order valence-corrected chi connectivity index (χ4v) is 4.00.